The van der Waals surface area contributed by atoms with Crippen molar-refractivity contribution < 1.29 is 14.3 Å². The van der Waals surface area contributed by atoms with E-state index in [2.05, 4.69) is 12.6 Å². The van der Waals surface area contributed by atoms with E-state index in [1.807, 2.05) is 0 Å². The molecule has 0 spiro atoms. The van der Waals surface area contributed by atoms with Crippen LogP contribution in [0.2, 0.25) is 0 Å². The van der Waals surface area contributed by atoms with Gasteiger partial charge in [0.25, 0.3) is 0 Å². The van der Waals surface area contributed by atoms with Gasteiger partial charge in [-0.3, -0.25) is 4.79 Å². The average Bonchev–Trinajstić information content (AvgIpc) is 2.36. The minimum Gasteiger partial charge on any atom is -0.480 e. The maximum Gasteiger partial charge on any atom is 0.324 e. The first kappa shape index (κ1) is 7.21. The van der Waals surface area contributed by atoms with Gasteiger partial charge in [-0.25, -0.2) is 0 Å². The Balaban J connectivity index is 2.77. The fraction of sp³-hybridized carbons (Fsp3) is 0.167. The quantitative estimate of drug-likeness (QED) is 0.638. The summed E-state index contributed by atoms with van der Waals surface area (Å²) in [4.78, 5) is 10.3. The zero-order valence-corrected chi connectivity index (χ0v) is 5.91. The molecule has 0 aromatic carbocycles. The van der Waals surface area contributed by atoms with E-state index < -0.39 is 11.2 Å². The van der Waals surface area contributed by atoms with Crippen molar-refractivity contribution in [1.29, 1.82) is 0 Å². The fourth-order valence-corrected chi connectivity index (χ4v) is 0.715. The molecule has 1 rings (SSSR count). The number of aliphatic carboxylic acids is 1. The zero-order valence-electron chi connectivity index (χ0n) is 5.02. The molecule has 1 unspecified atom stereocenters. The van der Waals surface area contributed by atoms with E-state index in [1.54, 1.807) is 12.1 Å². The molecule has 0 amide bonds. The lowest BCUT2D eigenvalue weighted by atomic mass is 10.3. The number of carboxylic acid groups (broad SMARTS) is 1. The summed E-state index contributed by atoms with van der Waals surface area (Å²) in [6.07, 6.45) is 1.42. The summed E-state index contributed by atoms with van der Waals surface area (Å²) in [6, 6.07) is 3.20. The topological polar surface area (TPSA) is 50.4 Å². The average molecular weight is 158 g/mol. The standard InChI is InChI=1S/C6H6O3S/c7-6(8)5(10)4-2-1-3-9-4/h1-3,5,10H,(H,7,8). The van der Waals surface area contributed by atoms with E-state index in [4.69, 9.17) is 9.52 Å². The molecule has 1 N–H and O–H groups in total. The molecule has 54 valence electrons. The Morgan fingerprint density at radius 2 is 2.50 bits per heavy atom. The highest BCUT2D eigenvalue weighted by Gasteiger charge is 2.16. The molecule has 0 saturated heterocycles. The summed E-state index contributed by atoms with van der Waals surface area (Å²) in [6.45, 7) is 0. The highest BCUT2D eigenvalue weighted by Crippen LogP contribution is 2.19. The normalized spacial score (nSPS) is 12.9. The van der Waals surface area contributed by atoms with Crippen LogP contribution in [0.15, 0.2) is 22.8 Å². The largest absolute Gasteiger partial charge is 0.480 e. The Labute approximate surface area is 63.1 Å². The summed E-state index contributed by atoms with van der Waals surface area (Å²) < 4.78 is 4.80. The Morgan fingerprint density at radius 3 is 2.90 bits per heavy atom. The number of thiol groups is 1. The van der Waals surface area contributed by atoms with Crippen LogP contribution in [0, 0.1) is 0 Å². The van der Waals surface area contributed by atoms with Gasteiger partial charge in [-0.2, -0.15) is 12.6 Å². The lowest BCUT2D eigenvalue weighted by Gasteiger charge is -1.98. The van der Waals surface area contributed by atoms with E-state index in [9.17, 15) is 4.79 Å². The molecule has 1 atom stereocenters. The van der Waals surface area contributed by atoms with E-state index in [0.717, 1.165) is 0 Å². The van der Waals surface area contributed by atoms with Crippen LogP contribution < -0.4 is 0 Å². The molecule has 4 heteroatoms. The molecular weight excluding hydrogens is 152 g/mol. The van der Waals surface area contributed by atoms with E-state index in [1.165, 1.54) is 6.26 Å². The lowest BCUT2D eigenvalue weighted by Crippen LogP contribution is -2.03. The third-order valence-corrected chi connectivity index (χ3v) is 1.52. The molecule has 1 aromatic heterocycles. The van der Waals surface area contributed by atoms with Crippen molar-refractivity contribution >= 4 is 18.6 Å². The van der Waals surface area contributed by atoms with Crippen LogP contribution >= 0.6 is 12.6 Å². The van der Waals surface area contributed by atoms with Gasteiger partial charge in [0.1, 0.15) is 5.76 Å². The van der Waals surface area contributed by atoms with Crippen LogP contribution in [0.5, 0.6) is 0 Å². The molecule has 1 heterocycles. The van der Waals surface area contributed by atoms with Crippen LogP contribution in [0.25, 0.3) is 0 Å². The van der Waals surface area contributed by atoms with Crippen LogP contribution in [0.3, 0.4) is 0 Å². The van der Waals surface area contributed by atoms with Gasteiger partial charge in [-0.15, -0.1) is 0 Å². The van der Waals surface area contributed by atoms with Crippen molar-refractivity contribution in [2.24, 2.45) is 0 Å². The van der Waals surface area contributed by atoms with Crippen molar-refractivity contribution in [3.63, 3.8) is 0 Å². The number of carbonyl (C=O) groups is 1. The first-order chi connectivity index (χ1) is 4.72. The molecule has 0 aliphatic heterocycles. The number of rotatable bonds is 2. The van der Waals surface area contributed by atoms with E-state index >= 15 is 0 Å². The highest BCUT2D eigenvalue weighted by molar-refractivity contribution is 7.81. The molecule has 0 aliphatic rings. The van der Waals surface area contributed by atoms with Crippen LogP contribution in [-0.2, 0) is 4.79 Å². The molecule has 3 nitrogen and oxygen atoms in total. The molecule has 0 saturated carbocycles. The first-order valence-corrected chi connectivity index (χ1v) is 3.17. The van der Waals surface area contributed by atoms with Gasteiger partial charge >= 0.3 is 5.97 Å². The molecule has 1 aromatic rings. The maximum atomic E-state index is 10.3. The number of furan rings is 1. The number of hydrogen-bond acceptors (Lipinski definition) is 3. The first-order valence-electron chi connectivity index (χ1n) is 2.66. The van der Waals surface area contributed by atoms with Gasteiger partial charge in [0.2, 0.25) is 0 Å². The summed E-state index contributed by atoms with van der Waals surface area (Å²) in [5, 5.41) is 7.57. The van der Waals surface area contributed by atoms with Crippen LogP contribution in [0.1, 0.15) is 11.0 Å². The molecular formula is C6H6O3S. The van der Waals surface area contributed by atoms with Gasteiger partial charge < -0.3 is 9.52 Å². The Hall–Kier alpha value is -0.900. The molecule has 0 radical (unpaired) electrons. The minimum absolute atomic E-state index is 0.357. The van der Waals surface area contributed by atoms with Gasteiger partial charge in [-0.05, 0) is 12.1 Å². The minimum atomic E-state index is -1.00. The fourth-order valence-electron chi connectivity index (χ4n) is 0.569. The lowest BCUT2D eigenvalue weighted by molar-refractivity contribution is -0.136. The molecule has 0 aliphatic carbocycles. The Kier molecular flexibility index (Phi) is 2.01. The predicted molar refractivity (Wildman–Crippen MR) is 38.1 cm³/mol. The third-order valence-electron chi connectivity index (χ3n) is 1.05. The second-order valence-electron chi connectivity index (χ2n) is 1.76. The van der Waals surface area contributed by atoms with Gasteiger partial charge in [0, 0.05) is 0 Å². The molecule has 0 fully saturated rings. The van der Waals surface area contributed by atoms with Gasteiger partial charge in [-0.1, -0.05) is 0 Å². The summed E-state index contributed by atoms with van der Waals surface area (Å²) in [5.74, 6) is -0.644. The molecule has 10 heavy (non-hydrogen) atoms. The van der Waals surface area contributed by atoms with Crippen LogP contribution in [-0.4, -0.2) is 11.1 Å². The van der Waals surface area contributed by atoms with Crippen molar-refractivity contribution in [2.75, 3.05) is 0 Å². The number of hydrogen-bond donors (Lipinski definition) is 2. The zero-order chi connectivity index (χ0) is 7.56. The Bertz CT molecular complexity index is 217. The number of carboxylic acids is 1. The second kappa shape index (κ2) is 2.79. The van der Waals surface area contributed by atoms with E-state index in [-0.39, 0.29) is 0 Å². The van der Waals surface area contributed by atoms with Gasteiger partial charge in [0.05, 0.1) is 6.26 Å². The third kappa shape index (κ3) is 1.33. The Morgan fingerprint density at radius 1 is 1.80 bits per heavy atom. The van der Waals surface area contributed by atoms with Crippen molar-refractivity contribution in [2.45, 2.75) is 5.25 Å². The summed E-state index contributed by atoms with van der Waals surface area (Å²) in [5.41, 5.74) is 0. The van der Waals surface area contributed by atoms with Crippen molar-refractivity contribution in [3.8, 4) is 0 Å². The van der Waals surface area contributed by atoms with Crippen LogP contribution in [0.4, 0.5) is 0 Å². The highest BCUT2D eigenvalue weighted by atomic mass is 32.1. The second-order valence-corrected chi connectivity index (χ2v) is 2.27. The summed E-state index contributed by atoms with van der Waals surface area (Å²) >= 11 is 3.79. The molecule has 0 bridgehead atoms. The monoisotopic (exact) mass is 158 g/mol. The summed E-state index contributed by atoms with van der Waals surface area (Å²) in [7, 11) is 0. The van der Waals surface area contributed by atoms with Gasteiger partial charge in [0.15, 0.2) is 5.25 Å². The van der Waals surface area contributed by atoms with Crippen molar-refractivity contribution in [1.82, 2.24) is 0 Å². The van der Waals surface area contributed by atoms with Crippen molar-refractivity contribution in [3.05, 3.63) is 24.2 Å². The van der Waals surface area contributed by atoms with E-state index in [0.29, 0.717) is 5.76 Å². The maximum absolute atomic E-state index is 10.3. The predicted octanol–water partition coefficient (Wildman–Crippen LogP) is 1.34. The smallest absolute Gasteiger partial charge is 0.324 e. The SMILES string of the molecule is O=C(O)C(S)c1ccco1.